The molecular weight excluding hydrogens is 262 g/mol. The lowest BCUT2D eigenvalue weighted by molar-refractivity contribution is -0.139. The molecule has 108 valence electrons. The molecule has 0 saturated heterocycles. The van der Waals surface area contributed by atoms with Crippen LogP contribution in [0.3, 0.4) is 0 Å². The number of methoxy groups -OCH3 is 1. The van der Waals surface area contributed by atoms with Crippen LogP contribution in [-0.2, 0) is 22.5 Å². The minimum atomic E-state index is -0.195. The van der Waals surface area contributed by atoms with Gasteiger partial charge in [0.25, 0.3) is 0 Å². The Morgan fingerprint density at radius 2 is 2.21 bits per heavy atom. The quantitative estimate of drug-likeness (QED) is 0.538. The molecule has 1 rings (SSSR count). The van der Waals surface area contributed by atoms with E-state index in [1.54, 1.807) is 11.3 Å². The molecule has 0 aliphatic heterocycles. The van der Waals surface area contributed by atoms with Crippen molar-refractivity contribution in [3.05, 3.63) is 21.9 Å². The maximum absolute atomic E-state index is 11.1. The molecule has 0 aliphatic carbocycles. The van der Waals surface area contributed by atoms with Crippen LogP contribution in [0.25, 0.3) is 0 Å². The van der Waals surface area contributed by atoms with E-state index in [1.165, 1.54) is 12.0 Å². The van der Waals surface area contributed by atoms with Gasteiger partial charge < -0.3 is 15.2 Å². The molecule has 2 N–H and O–H groups in total. The van der Waals surface area contributed by atoms with Crippen LogP contribution in [0.4, 0.5) is 0 Å². The van der Waals surface area contributed by atoms with Gasteiger partial charge in [-0.05, 0) is 37.4 Å². The standard InChI is InChI=1S/C14H23NO3S/c1-11(10-16)4-3-7-15-9-13-6-5-12(19-13)8-14(17)18-2/h5-6,11,15-16H,3-4,7-10H2,1-2H3. The summed E-state index contributed by atoms with van der Waals surface area (Å²) in [6.45, 7) is 4.11. The fourth-order valence-corrected chi connectivity index (χ4v) is 2.68. The van der Waals surface area contributed by atoms with Crippen molar-refractivity contribution in [3.8, 4) is 0 Å². The van der Waals surface area contributed by atoms with Gasteiger partial charge in [-0.15, -0.1) is 11.3 Å². The van der Waals surface area contributed by atoms with E-state index in [1.807, 2.05) is 12.1 Å². The fraction of sp³-hybridized carbons (Fsp3) is 0.643. The minimum Gasteiger partial charge on any atom is -0.469 e. The Labute approximate surface area is 118 Å². The third kappa shape index (κ3) is 6.71. The maximum Gasteiger partial charge on any atom is 0.310 e. The number of hydrogen-bond donors (Lipinski definition) is 2. The zero-order valence-corrected chi connectivity index (χ0v) is 12.5. The second-order valence-corrected chi connectivity index (χ2v) is 5.98. The van der Waals surface area contributed by atoms with Crippen LogP contribution in [0.2, 0.25) is 0 Å². The molecule has 0 radical (unpaired) electrons. The lowest BCUT2D eigenvalue weighted by Gasteiger charge is -2.07. The number of aliphatic hydroxyl groups is 1. The molecule has 0 spiro atoms. The largest absolute Gasteiger partial charge is 0.469 e. The first-order valence-electron chi connectivity index (χ1n) is 6.61. The predicted molar refractivity (Wildman–Crippen MR) is 77.2 cm³/mol. The van der Waals surface area contributed by atoms with E-state index >= 15 is 0 Å². The number of carbonyl (C=O) groups is 1. The smallest absolute Gasteiger partial charge is 0.310 e. The summed E-state index contributed by atoms with van der Waals surface area (Å²) in [5, 5.41) is 12.3. The first-order chi connectivity index (χ1) is 9.15. The Bertz CT molecular complexity index is 379. The monoisotopic (exact) mass is 285 g/mol. The first-order valence-corrected chi connectivity index (χ1v) is 7.43. The molecule has 4 nitrogen and oxygen atoms in total. The second-order valence-electron chi connectivity index (χ2n) is 4.73. The summed E-state index contributed by atoms with van der Waals surface area (Å²) in [5.74, 6) is 0.189. The Kier molecular flexibility index (Phi) is 7.70. The Morgan fingerprint density at radius 1 is 1.47 bits per heavy atom. The zero-order valence-electron chi connectivity index (χ0n) is 11.6. The van der Waals surface area contributed by atoms with Crippen molar-refractivity contribution in [2.45, 2.75) is 32.7 Å². The van der Waals surface area contributed by atoms with E-state index in [2.05, 4.69) is 17.0 Å². The van der Waals surface area contributed by atoms with Crippen molar-refractivity contribution >= 4 is 17.3 Å². The summed E-state index contributed by atoms with van der Waals surface area (Å²) < 4.78 is 4.64. The van der Waals surface area contributed by atoms with Gasteiger partial charge in [-0.2, -0.15) is 0 Å². The highest BCUT2D eigenvalue weighted by molar-refractivity contribution is 7.12. The average molecular weight is 285 g/mol. The van der Waals surface area contributed by atoms with Crippen LogP contribution in [0.5, 0.6) is 0 Å². The summed E-state index contributed by atoms with van der Waals surface area (Å²) in [7, 11) is 1.41. The molecule has 1 heterocycles. The molecular formula is C14H23NO3S. The number of ether oxygens (including phenoxy) is 1. The van der Waals surface area contributed by atoms with Gasteiger partial charge in [0, 0.05) is 22.9 Å². The highest BCUT2D eigenvalue weighted by Gasteiger charge is 2.06. The number of rotatable bonds is 9. The summed E-state index contributed by atoms with van der Waals surface area (Å²) in [4.78, 5) is 13.4. The first kappa shape index (κ1) is 16.1. The van der Waals surface area contributed by atoms with Crippen LogP contribution < -0.4 is 5.32 Å². The molecule has 0 aromatic carbocycles. The molecule has 0 amide bonds. The van der Waals surface area contributed by atoms with Gasteiger partial charge in [0.1, 0.15) is 0 Å². The van der Waals surface area contributed by atoms with Crippen LogP contribution in [0.15, 0.2) is 12.1 Å². The van der Waals surface area contributed by atoms with Crippen molar-refractivity contribution in [2.24, 2.45) is 5.92 Å². The van der Waals surface area contributed by atoms with Gasteiger partial charge in [0.15, 0.2) is 0 Å². The number of thiophene rings is 1. The lowest BCUT2D eigenvalue weighted by atomic mass is 10.1. The number of esters is 1. The molecule has 19 heavy (non-hydrogen) atoms. The number of aliphatic hydroxyl groups excluding tert-OH is 1. The maximum atomic E-state index is 11.1. The Morgan fingerprint density at radius 3 is 2.89 bits per heavy atom. The summed E-state index contributed by atoms with van der Waals surface area (Å²) in [6.07, 6.45) is 2.47. The zero-order chi connectivity index (χ0) is 14.1. The van der Waals surface area contributed by atoms with Gasteiger partial charge in [0.05, 0.1) is 13.5 Å². The molecule has 5 heteroatoms. The molecule has 0 fully saturated rings. The van der Waals surface area contributed by atoms with E-state index in [9.17, 15) is 4.79 Å². The van der Waals surface area contributed by atoms with Gasteiger partial charge in [0.2, 0.25) is 0 Å². The SMILES string of the molecule is COC(=O)Cc1ccc(CNCCCC(C)CO)s1. The van der Waals surface area contributed by atoms with E-state index < -0.39 is 0 Å². The highest BCUT2D eigenvalue weighted by atomic mass is 32.1. The summed E-state index contributed by atoms with van der Waals surface area (Å²) in [6, 6.07) is 4.03. The second kappa shape index (κ2) is 9.07. The molecule has 0 aliphatic rings. The van der Waals surface area contributed by atoms with Gasteiger partial charge in [-0.1, -0.05) is 6.92 Å². The summed E-state index contributed by atoms with van der Waals surface area (Å²) >= 11 is 1.64. The fourth-order valence-electron chi connectivity index (χ4n) is 1.71. The van der Waals surface area contributed by atoms with Crippen molar-refractivity contribution in [2.75, 3.05) is 20.3 Å². The molecule has 0 saturated carbocycles. The van der Waals surface area contributed by atoms with E-state index in [0.29, 0.717) is 12.3 Å². The third-order valence-electron chi connectivity index (χ3n) is 2.92. The predicted octanol–water partition coefficient (Wildman–Crippen LogP) is 1.96. The van der Waals surface area contributed by atoms with Gasteiger partial charge >= 0.3 is 5.97 Å². The van der Waals surface area contributed by atoms with Crippen molar-refractivity contribution < 1.29 is 14.6 Å². The van der Waals surface area contributed by atoms with E-state index in [-0.39, 0.29) is 12.6 Å². The number of carbonyl (C=O) groups excluding carboxylic acids is 1. The third-order valence-corrected chi connectivity index (χ3v) is 4.01. The molecule has 1 atom stereocenters. The Hall–Kier alpha value is -0.910. The molecule has 1 unspecified atom stereocenters. The highest BCUT2D eigenvalue weighted by Crippen LogP contribution is 2.17. The molecule has 1 aromatic rings. The summed E-state index contributed by atoms with van der Waals surface area (Å²) in [5.41, 5.74) is 0. The Balaban J connectivity index is 2.18. The number of nitrogens with one attached hydrogen (secondary N) is 1. The minimum absolute atomic E-state index is 0.195. The van der Waals surface area contributed by atoms with Crippen LogP contribution in [-0.4, -0.2) is 31.3 Å². The van der Waals surface area contributed by atoms with Crippen LogP contribution in [0, 0.1) is 5.92 Å². The topological polar surface area (TPSA) is 58.6 Å². The van der Waals surface area contributed by atoms with E-state index in [0.717, 1.165) is 30.8 Å². The molecule has 0 bridgehead atoms. The van der Waals surface area contributed by atoms with Crippen molar-refractivity contribution in [3.63, 3.8) is 0 Å². The number of hydrogen-bond acceptors (Lipinski definition) is 5. The van der Waals surface area contributed by atoms with Gasteiger partial charge in [-0.3, -0.25) is 4.79 Å². The van der Waals surface area contributed by atoms with Crippen molar-refractivity contribution in [1.29, 1.82) is 0 Å². The van der Waals surface area contributed by atoms with Crippen molar-refractivity contribution in [1.82, 2.24) is 5.32 Å². The van der Waals surface area contributed by atoms with Gasteiger partial charge in [-0.25, -0.2) is 0 Å². The lowest BCUT2D eigenvalue weighted by Crippen LogP contribution is -2.15. The normalized spacial score (nSPS) is 12.4. The van der Waals surface area contributed by atoms with Crippen LogP contribution in [0.1, 0.15) is 29.5 Å². The van der Waals surface area contributed by atoms with E-state index in [4.69, 9.17) is 5.11 Å². The van der Waals surface area contributed by atoms with Crippen LogP contribution >= 0.6 is 11.3 Å². The average Bonchev–Trinajstić information content (AvgIpc) is 2.85. The molecule has 1 aromatic heterocycles.